The summed E-state index contributed by atoms with van der Waals surface area (Å²) in [5, 5.41) is 12.3. The van der Waals surface area contributed by atoms with Crippen LogP contribution in [0.4, 0.5) is 4.79 Å². The predicted molar refractivity (Wildman–Crippen MR) is 47.7 cm³/mol. The molecule has 0 aliphatic carbocycles. The zero-order valence-electron chi connectivity index (χ0n) is 8.04. The van der Waals surface area contributed by atoms with Crippen molar-refractivity contribution in [3.05, 3.63) is 10.4 Å². The summed E-state index contributed by atoms with van der Waals surface area (Å²) in [4.78, 5) is 14.7. The molecule has 1 N–H and O–H groups in total. The first-order chi connectivity index (χ1) is 6.49. The van der Waals surface area contributed by atoms with Crippen LogP contribution in [0.25, 0.3) is 10.4 Å². The Morgan fingerprint density at radius 2 is 2.50 bits per heavy atom. The molecule has 1 aliphatic rings. The summed E-state index contributed by atoms with van der Waals surface area (Å²) in [5.74, 6) is 0. The Morgan fingerprint density at radius 3 is 3.00 bits per heavy atom. The SMILES string of the molecule is CC1(C)OC[C@@H](CN=[N+]=[N-])N1C(=O)O. The third-order valence-electron chi connectivity index (χ3n) is 2.14. The maximum Gasteiger partial charge on any atom is 0.409 e. The minimum atomic E-state index is -1.06. The molecule has 1 fully saturated rings. The Labute approximate surface area is 80.9 Å². The molecule has 0 radical (unpaired) electrons. The normalized spacial score (nSPS) is 24.4. The smallest absolute Gasteiger partial charge is 0.409 e. The van der Waals surface area contributed by atoms with Crippen molar-refractivity contribution in [1.29, 1.82) is 0 Å². The van der Waals surface area contributed by atoms with E-state index in [9.17, 15) is 4.79 Å². The zero-order chi connectivity index (χ0) is 10.8. The molecule has 7 nitrogen and oxygen atoms in total. The highest BCUT2D eigenvalue weighted by atomic mass is 16.5. The number of hydrogen-bond donors (Lipinski definition) is 1. The van der Waals surface area contributed by atoms with E-state index in [0.717, 1.165) is 0 Å². The second-order valence-corrected chi connectivity index (χ2v) is 3.48. The molecule has 0 saturated carbocycles. The van der Waals surface area contributed by atoms with Crippen LogP contribution in [0.1, 0.15) is 13.8 Å². The van der Waals surface area contributed by atoms with Gasteiger partial charge in [0.05, 0.1) is 12.6 Å². The van der Waals surface area contributed by atoms with Crippen LogP contribution in [0.2, 0.25) is 0 Å². The van der Waals surface area contributed by atoms with Crippen LogP contribution >= 0.6 is 0 Å². The van der Waals surface area contributed by atoms with E-state index in [1.54, 1.807) is 13.8 Å². The first-order valence-corrected chi connectivity index (χ1v) is 4.16. The maximum absolute atomic E-state index is 10.9. The summed E-state index contributed by atoms with van der Waals surface area (Å²) >= 11 is 0. The van der Waals surface area contributed by atoms with Crippen LogP contribution in [-0.2, 0) is 4.74 Å². The Balaban J connectivity index is 2.78. The van der Waals surface area contributed by atoms with E-state index in [-0.39, 0.29) is 13.2 Å². The predicted octanol–water partition coefficient (Wildman–Crippen LogP) is 1.41. The number of hydrogen-bond acceptors (Lipinski definition) is 3. The van der Waals surface area contributed by atoms with Gasteiger partial charge in [-0.25, -0.2) is 4.79 Å². The average molecular weight is 200 g/mol. The summed E-state index contributed by atoms with van der Waals surface area (Å²) in [5.41, 5.74) is 7.29. The van der Waals surface area contributed by atoms with Crippen molar-refractivity contribution >= 4 is 6.09 Å². The van der Waals surface area contributed by atoms with E-state index in [0.29, 0.717) is 0 Å². The third-order valence-corrected chi connectivity index (χ3v) is 2.14. The van der Waals surface area contributed by atoms with Gasteiger partial charge < -0.3 is 9.84 Å². The first-order valence-electron chi connectivity index (χ1n) is 4.16. The molecule has 7 heteroatoms. The molecular weight excluding hydrogens is 188 g/mol. The molecule has 0 aromatic carbocycles. The molecule has 0 unspecified atom stereocenters. The Hall–Kier alpha value is -1.46. The molecule has 14 heavy (non-hydrogen) atoms. The summed E-state index contributed by atoms with van der Waals surface area (Å²) < 4.78 is 5.29. The van der Waals surface area contributed by atoms with Gasteiger partial charge >= 0.3 is 6.09 Å². The number of azide groups is 1. The number of ether oxygens (including phenoxy) is 1. The highest BCUT2D eigenvalue weighted by molar-refractivity contribution is 5.66. The fourth-order valence-electron chi connectivity index (χ4n) is 1.54. The fourth-order valence-corrected chi connectivity index (χ4v) is 1.54. The van der Waals surface area contributed by atoms with E-state index < -0.39 is 17.9 Å². The van der Waals surface area contributed by atoms with Gasteiger partial charge in [0.25, 0.3) is 0 Å². The van der Waals surface area contributed by atoms with Gasteiger partial charge in [-0.15, -0.1) is 0 Å². The summed E-state index contributed by atoms with van der Waals surface area (Å²) in [6.45, 7) is 3.69. The maximum atomic E-state index is 10.9. The molecule has 0 aromatic rings. The molecule has 1 atom stereocenters. The molecule has 0 aromatic heterocycles. The van der Waals surface area contributed by atoms with Crippen molar-refractivity contribution in [3.8, 4) is 0 Å². The lowest BCUT2D eigenvalue weighted by atomic mass is 10.2. The Bertz CT molecular complexity index is 285. The van der Waals surface area contributed by atoms with Crippen LogP contribution < -0.4 is 0 Å². The first kappa shape index (κ1) is 10.6. The van der Waals surface area contributed by atoms with Crippen molar-refractivity contribution in [3.63, 3.8) is 0 Å². The van der Waals surface area contributed by atoms with Crippen molar-refractivity contribution < 1.29 is 14.6 Å². The number of amides is 1. The lowest BCUT2D eigenvalue weighted by Crippen LogP contribution is -2.48. The van der Waals surface area contributed by atoms with Crippen LogP contribution in [0.3, 0.4) is 0 Å². The number of nitrogens with zero attached hydrogens (tertiary/aromatic N) is 4. The second-order valence-electron chi connectivity index (χ2n) is 3.48. The highest BCUT2D eigenvalue weighted by Gasteiger charge is 2.43. The second kappa shape index (κ2) is 3.73. The largest absolute Gasteiger partial charge is 0.465 e. The lowest BCUT2D eigenvalue weighted by Gasteiger charge is -2.30. The molecular formula is C7H12N4O3. The number of carbonyl (C=O) groups is 1. The zero-order valence-corrected chi connectivity index (χ0v) is 8.04. The standard InChI is InChI=1S/C7H12N4O3/c1-7(2)11(6(12)13)5(4-14-7)3-9-10-8/h5H,3-4H2,1-2H3,(H,12,13)/t5-/m1/s1. The topological polar surface area (TPSA) is 98.5 Å². The summed E-state index contributed by atoms with van der Waals surface area (Å²) in [6, 6.07) is -0.390. The van der Waals surface area contributed by atoms with Gasteiger partial charge in [-0.1, -0.05) is 5.11 Å². The van der Waals surface area contributed by atoms with E-state index in [1.165, 1.54) is 4.90 Å². The van der Waals surface area contributed by atoms with Crippen molar-refractivity contribution in [2.45, 2.75) is 25.6 Å². The van der Waals surface area contributed by atoms with Crippen LogP contribution in [0.5, 0.6) is 0 Å². The van der Waals surface area contributed by atoms with Crippen LogP contribution in [0.15, 0.2) is 5.11 Å². The molecule has 78 valence electrons. The van der Waals surface area contributed by atoms with Gasteiger partial charge in [-0.2, -0.15) is 0 Å². The molecule has 1 amide bonds. The van der Waals surface area contributed by atoms with E-state index in [2.05, 4.69) is 10.0 Å². The highest BCUT2D eigenvalue weighted by Crippen LogP contribution is 2.27. The molecule has 1 heterocycles. The van der Waals surface area contributed by atoms with Crippen LogP contribution in [-0.4, -0.2) is 41.0 Å². The third kappa shape index (κ3) is 1.89. The summed E-state index contributed by atoms with van der Waals surface area (Å²) in [7, 11) is 0. The Morgan fingerprint density at radius 1 is 1.86 bits per heavy atom. The molecule has 1 aliphatic heterocycles. The molecule has 1 saturated heterocycles. The van der Waals surface area contributed by atoms with E-state index in [4.69, 9.17) is 15.4 Å². The van der Waals surface area contributed by atoms with Gasteiger partial charge in [-0.3, -0.25) is 4.90 Å². The monoisotopic (exact) mass is 200 g/mol. The van der Waals surface area contributed by atoms with Crippen molar-refractivity contribution in [2.24, 2.45) is 5.11 Å². The van der Waals surface area contributed by atoms with Gasteiger partial charge in [-0.05, 0) is 19.4 Å². The summed E-state index contributed by atoms with van der Waals surface area (Å²) in [6.07, 6.45) is -1.06. The van der Waals surface area contributed by atoms with Crippen LogP contribution in [0, 0.1) is 0 Å². The molecule has 0 spiro atoms. The average Bonchev–Trinajstić information content (AvgIpc) is 2.37. The van der Waals surface area contributed by atoms with Gasteiger partial charge in [0.1, 0.15) is 5.72 Å². The lowest BCUT2D eigenvalue weighted by molar-refractivity contribution is -0.0417. The number of rotatable bonds is 2. The van der Waals surface area contributed by atoms with E-state index >= 15 is 0 Å². The van der Waals surface area contributed by atoms with Gasteiger partial charge in [0.15, 0.2) is 0 Å². The minimum Gasteiger partial charge on any atom is -0.465 e. The van der Waals surface area contributed by atoms with Gasteiger partial charge in [0, 0.05) is 11.5 Å². The molecule has 1 rings (SSSR count). The van der Waals surface area contributed by atoms with Crippen molar-refractivity contribution in [1.82, 2.24) is 4.90 Å². The number of carboxylic acid groups (broad SMARTS) is 1. The van der Waals surface area contributed by atoms with E-state index in [1.807, 2.05) is 0 Å². The fraction of sp³-hybridized carbons (Fsp3) is 0.857. The Kier molecular flexibility index (Phi) is 2.83. The minimum absolute atomic E-state index is 0.103. The van der Waals surface area contributed by atoms with Crippen molar-refractivity contribution in [2.75, 3.05) is 13.2 Å². The quantitative estimate of drug-likeness (QED) is 0.414. The van der Waals surface area contributed by atoms with Gasteiger partial charge in [0.2, 0.25) is 0 Å². The molecule has 0 bridgehead atoms.